The molecule has 2 saturated heterocycles. The predicted molar refractivity (Wildman–Crippen MR) is 120 cm³/mol. The smallest absolute Gasteiger partial charge is 0.325 e. The van der Waals surface area contributed by atoms with E-state index in [4.69, 9.17) is 4.74 Å². The van der Waals surface area contributed by atoms with Crippen molar-refractivity contribution in [2.75, 3.05) is 19.7 Å². The van der Waals surface area contributed by atoms with Crippen LogP contribution in [0.2, 0.25) is 0 Å². The van der Waals surface area contributed by atoms with Crippen molar-refractivity contribution in [3.63, 3.8) is 0 Å². The van der Waals surface area contributed by atoms with E-state index in [1.807, 2.05) is 19.1 Å². The van der Waals surface area contributed by atoms with Crippen LogP contribution in [0.4, 0.5) is 9.18 Å². The number of rotatable bonds is 7. The van der Waals surface area contributed by atoms with Gasteiger partial charge in [0, 0.05) is 19.7 Å². The molecule has 2 fully saturated rings. The number of benzene rings is 2. The highest BCUT2D eigenvalue weighted by Gasteiger charge is 2.49. The Morgan fingerprint density at radius 2 is 2.00 bits per heavy atom. The van der Waals surface area contributed by atoms with Crippen LogP contribution < -0.4 is 5.32 Å². The molecule has 33 heavy (non-hydrogen) atoms. The lowest BCUT2D eigenvalue weighted by atomic mass is 9.91. The topological polar surface area (TPSA) is 79.0 Å². The van der Waals surface area contributed by atoms with Gasteiger partial charge in [-0.2, -0.15) is 0 Å². The fourth-order valence-corrected chi connectivity index (χ4v) is 4.30. The van der Waals surface area contributed by atoms with Gasteiger partial charge >= 0.3 is 6.03 Å². The standard InChI is InChI=1S/C25H28FN3O4/c1-17-8-10-19(11-9-17)25(2)23(31)29(24(32)27-25)16-22(30)28(15-21-7-4-12-33-21)14-18-5-3-6-20(26)13-18/h3,5-6,8-11,13,21H,4,7,12,14-16H2,1-2H3,(H,27,32). The number of imide groups is 1. The van der Waals surface area contributed by atoms with Crippen molar-refractivity contribution in [3.05, 3.63) is 71.0 Å². The molecule has 2 unspecified atom stereocenters. The number of carbonyl (C=O) groups is 3. The molecule has 0 saturated carbocycles. The van der Waals surface area contributed by atoms with Crippen LogP contribution in [0, 0.1) is 12.7 Å². The average molecular weight is 454 g/mol. The number of nitrogens with one attached hydrogen (secondary N) is 1. The van der Waals surface area contributed by atoms with Crippen LogP contribution >= 0.6 is 0 Å². The van der Waals surface area contributed by atoms with Gasteiger partial charge in [-0.15, -0.1) is 0 Å². The fourth-order valence-electron chi connectivity index (χ4n) is 4.30. The van der Waals surface area contributed by atoms with E-state index >= 15 is 0 Å². The third kappa shape index (κ3) is 4.90. The molecule has 2 atom stereocenters. The first kappa shape index (κ1) is 22.9. The summed E-state index contributed by atoms with van der Waals surface area (Å²) < 4.78 is 19.4. The van der Waals surface area contributed by atoms with Gasteiger partial charge in [-0.25, -0.2) is 9.18 Å². The molecule has 4 rings (SSSR count). The van der Waals surface area contributed by atoms with E-state index in [1.165, 1.54) is 17.0 Å². The van der Waals surface area contributed by atoms with E-state index in [0.717, 1.165) is 23.3 Å². The number of carbonyl (C=O) groups excluding carboxylic acids is 3. The van der Waals surface area contributed by atoms with Crippen molar-refractivity contribution < 1.29 is 23.5 Å². The number of hydrogen-bond acceptors (Lipinski definition) is 4. The zero-order chi connectivity index (χ0) is 23.6. The maximum absolute atomic E-state index is 13.7. The van der Waals surface area contributed by atoms with Crippen molar-refractivity contribution in [2.24, 2.45) is 0 Å². The molecule has 1 N–H and O–H groups in total. The second-order valence-electron chi connectivity index (χ2n) is 8.85. The van der Waals surface area contributed by atoms with E-state index in [9.17, 15) is 18.8 Å². The molecule has 2 aromatic carbocycles. The van der Waals surface area contributed by atoms with Crippen LogP contribution in [0.1, 0.15) is 36.5 Å². The Labute approximate surface area is 192 Å². The Hall–Kier alpha value is -3.26. The van der Waals surface area contributed by atoms with Gasteiger partial charge in [0.05, 0.1) is 6.10 Å². The Balaban J connectivity index is 1.51. The zero-order valence-corrected chi connectivity index (χ0v) is 18.8. The number of ether oxygens (including phenoxy) is 1. The van der Waals surface area contributed by atoms with Crippen LogP contribution in [0.25, 0.3) is 0 Å². The molecule has 0 aromatic heterocycles. The van der Waals surface area contributed by atoms with Crippen LogP contribution in [0.3, 0.4) is 0 Å². The summed E-state index contributed by atoms with van der Waals surface area (Å²) in [4.78, 5) is 41.7. The molecule has 8 heteroatoms. The molecule has 4 amide bonds. The Bertz CT molecular complexity index is 1050. The molecular weight excluding hydrogens is 425 g/mol. The molecule has 2 aliphatic heterocycles. The first-order valence-electron chi connectivity index (χ1n) is 11.1. The Kier molecular flexibility index (Phi) is 6.47. The van der Waals surface area contributed by atoms with Crippen molar-refractivity contribution >= 4 is 17.8 Å². The molecule has 2 aromatic rings. The number of aryl methyl sites for hydroxylation is 1. The molecule has 2 aliphatic rings. The summed E-state index contributed by atoms with van der Waals surface area (Å²) >= 11 is 0. The summed E-state index contributed by atoms with van der Waals surface area (Å²) in [5, 5.41) is 2.73. The van der Waals surface area contributed by atoms with E-state index in [1.54, 1.807) is 31.2 Å². The third-order valence-corrected chi connectivity index (χ3v) is 6.26. The molecule has 0 aliphatic carbocycles. The molecule has 0 spiro atoms. The van der Waals surface area contributed by atoms with Crippen LogP contribution in [-0.4, -0.2) is 53.4 Å². The minimum Gasteiger partial charge on any atom is -0.376 e. The minimum atomic E-state index is -1.24. The normalized spacial score (nSPS) is 22.5. The predicted octanol–water partition coefficient (Wildman–Crippen LogP) is 3.11. The lowest BCUT2D eigenvalue weighted by Crippen LogP contribution is -2.46. The highest BCUT2D eigenvalue weighted by molar-refractivity contribution is 6.09. The number of urea groups is 1. The van der Waals surface area contributed by atoms with Crippen LogP contribution in [-0.2, 0) is 26.4 Å². The molecular formula is C25H28FN3O4. The summed E-state index contributed by atoms with van der Waals surface area (Å²) in [6.07, 6.45) is 1.61. The van der Waals surface area contributed by atoms with Gasteiger partial charge in [-0.05, 0) is 49.9 Å². The van der Waals surface area contributed by atoms with Crippen LogP contribution in [0.15, 0.2) is 48.5 Å². The van der Waals surface area contributed by atoms with E-state index in [0.29, 0.717) is 24.3 Å². The molecule has 174 valence electrons. The lowest BCUT2D eigenvalue weighted by Gasteiger charge is -2.27. The number of halogens is 1. The summed E-state index contributed by atoms with van der Waals surface area (Å²) in [5.41, 5.74) is 1.07. The quantitative estimate of drug-likeness (QED) is 0.654. The lowest BCUT2D eigenvalue weighted by molar-refractivity contribution is -0.140. The highest BCUT2D eigenvalue weighted by atomic mass is 19.1. The SMILES string of the molecule is Cc1ccc(C2(C)NC(=O)N(CC(=O)N(Cc3cccc(F)c3)CC3CCCO3)C2=O)cc1. The second-order valence-corrected chi connectivity index (χ2v) is 8.85. The van der Waals surface area contributed by atoms with Gasteiger partial charge in [-0.3, -0.25) is 14.5 Å². The van der Waals surface area contributed by atoms with Gasteiger partial charge in [0.2, 0.25) is 5.91 Å². The summed E-state index contributed by atoms with van der Waals surface area (Å²) in [6.45, 7) is 4.29. The van der Waals surface area contributed by atoms with Crippen molar-refractivity contribution in [1.82, 2.24) is 15.1 Å². The maximum atomic E-state index is 13.7. The zero-order valence-electron chi connectivity index (χ0n) is 18.8. The first-order valence-corrected chi connectivity index (χ1v) is 11.1. The van der Waals surface area contributed by atoms with Crippen molar-refractivity contribution in [2.45, 2.75) is 44.9 Å². The largest absolute Gasteiger partial charge is 0.376 e. The monoisotopic (exact) mass is 453 g/mol. The first-order chi connectivity index (χ1) is 15.8. The Morgan fingerprint density at radius 1 is 1.24 bits per heavy atom. The van der Waals surface area contributed by atoms with Crippen LogP contribution in [0.5, 0.6) is 0 Å². The third-order valence-electron chi connectivity index (χ3n) is 6.26. The minimum absolute atomic E-state index is 0.122. The molecule has 7 nitrogen and oxygen atoms in total. The summed E-state index contributed by atoms with van der Waals surface area (Å²) in [7, 11) is 0. The summed E-state index contributed by atoms with van der Waals surface area (Å²) in [5.74, 6) is -1.26. The van der Waals surface area contributed by atoms with Gasteiger partial charge < -0.3 is 15.0 Å². The summed E-state index contributed by atoms with van der Waals surface area (Å²) in [6, 6.07) is 12.8. The maximum Gasteiger partial charge on any atom is 0.325 e. The Morgan fingerprint density at radius 3 is 2.67 bits per heavy atom. The number of nitrogens with zero attached hydrogens (tertiary/aromatic N) is 2. The molecule has 2 heterocycles. The van der Waals surface area contributed by atoms with Crippen molar-refractivity contribution in [3.8, 4) is 0 Å². The number of amides is 4. The second kappa shape index (κ2) is 9.31. The van der Waals surface area contributed by atoms with E-state index in [2.05, 4.69) is 5.32 Å². The van der Waals surface area contributed by atoms with Gasteiger partial charge in [0.15, 0.2) is 0 Å². The number of hydrogen-bond donors (Lipinski definition) is 1. The van der Waals surface area contributed by atoms with Gasteiger partial charge in [0.1, 0.15) is 17.9 Å². The van der Waals surface area contributed by atoms with Gasteiger partial charge in [-0.1, -0.05) is 42.0 Å². The molecule has 0 bridgehead atoms. The highest BCUT2D eigenvalue weighted by Crippen LogP contribution is 2.29. The molecule has 0 radical (unpaired) electrons. The van der Waals surface area contributed by atoms with E-state index in [-0.39, 0.29) is 18.5 Å². The van der Waals surface area contributed by atoms with Crippen molar-refractivity contribution in [1.29, 1.82) is 0 Å². The van der Waals surface area contributed by atoms with E-state index < -0.39 is 29.9 Å². The van der Waals surface area contributed by atoms with Gasteiger partial charge in [0.25, 0.3) is 5.91 Å². The average Bonchev–Trinajstić information content (AvgIpc) is 3.36. The fraction of sp³-hybridized carbons (Fsp3) is 0.400.